The Bertz CT molecular complexity index is 1480. The van der Waals surface area contributed by atoms with Crippen molar-refractivity contribution in [3.63, 3.8) is 0 Å². The van der Waals surface area contributed by atoms with Crippen LogP contribution in [0, 0.1) is 35.4 Å². The fourth-order valence-electron chi connectivity index (χ4n) is 6.93. The lowest BCUT2D eigenvalue weighted by molar-refractivity contribution is 0.180. The van der Waals surface area contributed by atoms with E-state index in [-0.39, 0.29) is 5.82 Å². The molecule has 5 unspecified atom stereocenters. The van der Waals surface area contributed by atoms with Crippen molar-refractivity contribution in [2.75, 3.05) is 38.6 Å². The van der Waals surface area contributed by atoms with Crippen LogP contribution in [0.5, 0.6) is 0 Å². The van der Waals surface area contributed by atoms with Gasteiger partial charge in [-0.3, -0.25) is 0 Å². The number of nitrogens with one attached hydrogen (secondary N) is 1. The standard InChI is InChI=1S/C30H37FN6S/c1-6-19-9-21-14-32-13-17(2)24(10-19)27(18(21)3)37(5)30-34-26-15-33-28(35-29(26)38-30)20-11-22-16-36(4)8-7-23(22)25(31)12-20/h6-7,11-12,15-19,21,24,27,32H,1,8-10,13-14H2,2-5H3/t17?,18-,19?,21?,24?,27?/m0/s1. The number of allylic oxidation sites excluding steroid dienone is 1. The highest BCUT2D eigenvalue weighted by Gasteiger charge is 2.43. The summed E-state index contributed by atoms with van der Waals surface area (Å²) in [5.41, 5.74) is 1.48. The average Bonchev–Trinajstić information content (AvgIpc) is 3.30. The van der Waals surface area contributed by atoms with Crippen LogP contribution in [-0.2, 0) is 0 Å². The molecule has 1 saturated heterocycles. The summed E-state index contributed by atoms with van der Waals surface area (Å²) in [5.74, 6) is 3.11. The van der Waals surface area contributed by atoms with Crippen molar-refractivity contribution in [1.82, 2.24) is 25.2 Å². The number of halogens is 1. The SMILES string of the molecule is C=CC1CC2C(C)CNCC(C1)[C@H](C)C2N(C)c1nc2cnc(-c3cc(F)c4c(c3)=CN(C)CC=4)nc2s1. The van der Waals surface area contributed by atoms with Crippen LogP contribution >= 0.6 is 11.3 Å². The largest absolute Gasteiger partial charge is 0.376 e. The minimum atomic E-state index is -0.235. The minimum Gasteiger partial charge on any atom is -0.376 e. The molecular weight excluding hydrogens is 495 g/mol. The molecule has 4 heterocycles. The molecule has 2 aliphatic heterocycles. The summed E-state index contributed by atoms with van der Waals surface area (Å²) in [7, 11) is 4.19. The van der Waals surface area contributed by atoms with Gasteiger partial charge < -0.3 is 15.1 Å². The van der Waals surface area contributed by atoms with Crippen LogP contribution in [0.2, 0.25) is 0 Å². The summed E-state index contributed by atoms with van der Waals surface area (Å²) < 4.78 is 14.9. The first-order chi connectivity index (χ1) is 18.3. The van der Waals surface area contributed by atoms with E-state index < -0.39 is 0 Å². The van der Waals surface area contributed by atoms with Gasteiger partial charge in [-0.2, -0.15) is 0 Å². The highest BCUT2D eigenvalue weighted by atomic mass is 32.1. The number of fused-ring (bicyclic) bond motifs is 5. The zero-order chi connectivity index (χ0) is 26.6. The van der Waals surface area contributed by atoms with E-state index in [1.165, 1.54) is 12.8 Å². The number of anilines is 1. The maximum Gasteiger partial charge on any atom is 0.188 e. The number of hydrogen-bond acceptors (Lipinski definition) is 7. The molecule has 6 atom stereocenters. The zero-order valence-electron chi connectivity index (χ0n) is 22.7. The van der Waals surface area contributed by atoms with Crippen LogP contribution in [0.1, 0.15) is 26.7 Å². The maximum absolute atomic E-state index is 14.9. The van der Waals surface area contributed by atoms with Gasteiger partial charge in [-0.15, -0.1) is 6.58 Å². The second-order valence-electron chi connectivity index (χ2n) is 11.6. The summed E-state index contributed by atoms with van der Waals surface area (Å²) in [5, 5.41) is 6.22. The van der Waals surface area contributed by atoms with Gasteiger partial charge in [-0.25, -0.2) is 19.3 Å². The summed E-state index contributed by atoms with van der Waals surface area (Å²) in [4.78, 5) is 19.7. The van der Waals surface area contributed by atoms with Gasteiger partial charge in [0.25, 0.3) is 0 Å². The summed E-state index contributed by atoms with van der Waals surface area (Å²) >= 11 is 1.61. The molecule has 1 aliphatic carbocycles. The maximum atomic E-state index is 14.9. The van der Waals surface area contributed by atoms with Crippen molar-refractivity contribution in [1.29, 1.82) is 0 Å². The van der Waals surface area contributed by atoms with Gasteiger partial charge in [-0.1, -0.05) is 37.3 Å². The van der Waals surface area contributed by atoms with Crippen molar-refractivity contribution < 1.29 is 4.39 Å². The Balaban J connectivity index is 1.36. The molecule has 3 aromatic rings. The molecule has 6 rings (SSSR count). The Morgan fingerprint density at radius 3 is 2.87 bits per heavy atom. The molecule has 38 heavy (non-hydrogen) atoms. The van der Waals surface area contributed by atoms with Gasteiger partial charge in [0.05, 0.1) is 6.20 Å². The van der Waals surface area contributed by atoms with Crippen molar-refractivity contribution in [2.45, 2.75) is 32.7 Å². The molecule has 200 valence electrons. The first-order valence-corrected chi connectivity index (χ1v) is 14.6. The lowest BCUT2D eigenvalue weighted by Gasteiger charge is -2.43. The molecule has 1 saturated carbocycles. The van der Waals surface area contributed by atoms with Crippen molar-refractivity contribution >= 4 is 39.1 Å². The van der Waals surface area contributed by atoms with Gasteiger partial charge in [0.2, 0.25) is 0 Å². The minimum absolute atomic E-state index is 0.235. The van der Waals surface area contributed by atoms with Crippen LogP contribution in [0.3, 0.4) is 0 Å². The molecule has 0 amide bonds. The third-order valence-electron chi connectivity index (χ3n) is 9.09. The topological polar surface area (TPSA) is 57.2 Å². The lowest BCUT2D eigenvalue weighted by atomic mass is 9.75. The molecule has 2 bridgehead atoms. The fourth-order valence-corrected chi connectivity index (χ4v) is 7.85. The third kappa shape index (κ3) is 4.51. The smallest absolute Gasteiger partial charge is 0.188 e. The number of benzene rings is 1. The predicted octanol–water partition coefficient (Wildman–Crippen LogP) is 3.86. The Morgan fingerprint density at radius 2 is 2.05 bits per heavy atom. The predicted molar refractivity (Wildman–Crippen MR) is 155 cm³/mol. The zero-order valence-corrected chi connectivity index (χ0v) is 23.5. The van der Waals surface area contributed by atoms with Crippen LogP contribution in [0.15, 0.2) is 31.0 Å². The average molecular weight is 533 g/mol. The molecule has 0 spiro atoms. The van der Waals surface area contributed by atoms with E-state index in [0.717, 1.165) is 33.8 Å². The second-order valence-corrected chi connectivity index (χ2v) is 12.6. The van der Waals surface area contributed by atoms with E-state index in [0.29, 0.717) is 58.8 Å². The molecule has 1 aromatic carbocycles. The lowest BCUT2D eigenvalue weighted by Crippen LogP contribution is -2.51. The molecule has 2 fully saturated rings. The Morgan fingerprint density at radius 1 is 1.21 bits per heavy atom. The monoisotopic (exact) mass is 532 g/mol. The van der Waals surface area contributed by atoms with Crippen LogP contribution in [0.4, 0.5) is 9.52 Å². The van der Waals surface area contributed by atoms with Gasteiger partial charge in [0.15, 0.2) is 11.0 Å². The first kappa shape index (κ1) is 25.4. The number of nitrogens with zero attached hydrogens (tertiary/aromatic N) is 5. The summed E-state index contributed by atoms with van der Waals surface area (Å²) in [6.45, 7) is 11.8. The van der Waals surface area contributed by atoms with E-state index in [1.807, 2.05) is 30.3 Å². The molecule has 1 N–H and O–H groups in total. The molecule has 2 aromatic heterocycles. The van der Waals surface area contributed by atoms with Crippen LogP contribution < -0.4 is 20.7 Å². The van der Waals surface area contributed by atoms with Gasteiger partial charge in [0.1, 0.15) is 16.2 Å². The van der Waals surface area contributed by atoms with E-state index in [9.17, 15) is 4.39 Å². The Kier molecular flexibility index (Phi) is 6.72. The molecular formula is C30H37FN6S. The summed E-state index contributed by atoms with van der Waals surface area (Å²) in [6, 6.07) is 3.92. The van der Waals surface area contributed by atoms with Crippen molar-refractivity contribution in [3.8, 4) is 11.4 Å². The quantitative estimate of drug-likeness (QED) is 0.515. The molecule has 0 radical (unpaired) electrons. The van der Waals surface area contributed by atoms with Gasteiger partial charge >= 0.3 is 0 Å². The first-order valence-electron chi connectivity index (χ1n) is 13.7. The summed E-state index contributed by atoms with van der Waals surface area (Å²) in [6.07, 6.45) is 10.2. The van der Waals surface area contributed by atoms with Gasteiger partial charge in [-0.05, 0) is 67.7 Å². The fraction of sp³-hybridized carbons (Fsp3) is 0.500. The molecule has 6 nitrogen and oxygen atoms in total. The highest BCUT2D eigenvalue weighted by Crippen LogP contribution is 2.44. The van der Waals surface area contributed by atoms with Crippen LogP contribution in [-0.4, -0.2) is 59.6 Å². The Labute approximate surface area is 228 Å². The second kappa shape index (κ2) is 10.0. The van der Waals surface area contributed by atoms with E-state index in [4.69, 9.17) is 9.97 Å². The molecule has 8 heteroatoms. The van der Waals surface area contributed by atoms with E-state index in [2.05, 4.69) is 48.8 Å². The van der Waals surface area contributed by atoms with Crippen LogP contribution in [0.25, 0.3) is 34.0 Å². The Hall–Kier alpha value is -2.84. The number of aromatic nitrogens is 3. The van der Waals surface area contributed by atoms with E-state index in [1.54, 1.807) is 23.6 Å². The third-order valence-corrected chi connectivity index (χ3v) is 10.1. The normalized spacial score (nSPS) is 29.0. The highest BCUT2D eigenvalue weighted by molar-refractivity contribution is 7.21. The number of hydrogen-bond donors (Lipinski definition) is 1. The van der Waals surface area contributed by atoms with Crippen molar-refractivity contribution in [2.24, 2.45) is 29.6 Å². The number of rotatable bonds is 4. The van der Waals surface area contributed by atoms with E-state index >= 15 is 0 Å². The van der Waals surface area contributed by atoms with Gasteiger partial charge in [0, 0.05) is 48.9 Å². The van der Waals surface area contributed by atoms with Crippen molar-refractivity contribution in [3.05, 3.63) is 47.2 Å². The number of thiazole rings is 1. The molecule has 3 aliphatic rings.